The van der Waals surface area contributed by atoms with Gasteiger partial charge in [-0.05, 0) is 44.0 Å². The Morgan fingerprint density at radius 3 is 1.00 bits per heavy atom. The standard InChI is InChI=1S/C7H11N.C5H7N.C4H10.2C2H6/c1-7(2)8-5-3-4-6-8;1-6-4-2-3-5-6;1-4(2)3;2*1-2/h3-7H,1-2H3;2-5H,1H3;4H,1-3H3;2*1-2H3. The fourth-order valence-electron chi connectivity index (χ4n) is 1.11. The summed E-state index contributed by atoms with van der Waals surface area (Å²) in [6.45, 7) is 18.8. The molecule has 2 aromatic rings. The summed E-state index contributed by atoms with van der Waals surface area (Å²) in [6.07, 6.45) is 8.15. The molecule has 0 saturated carbocycles. The smallest absolute Gasteiger partial charge is 0.0274 e. The summed E-state index contributed by atoms with van der Waals surface area (Å²) in [5.41, 5.74) is 0. The summed E-state index contributed by atoms with van der Waals surface area (Å²) in [7, 11) is 2.00. The van der Waals surface area contributed by atoms with Gasteiger partial charge in [0.2, 0.25) is 0 Å². The molecule has 0 radical (unpaired) electrons. The minimum absolute atomic E-state index is 0.602. The summed E-state index contributed by atoms with van der Waals surface area (Å²) >= 11 is 0. The Labute approximate surface area is 140 Å². The van der Waals surface area contributed by atoms with E-state index in [0.717, 1.165) is 5.92 Å². The van der Waals surface area contributed by atoms with Crippen LogP contribution in [0.25, 0.3) is 0 Å². The lowest BCUT2D eigenvalue weighted by atomic mass is 10.3. The van der Waals surface area contributed by atoms with E-state index < -0.39 is 0 Å². The van der Waals surface area contributed by atoms with Crippen LogP contribution in [0.2, 0.25) is 0 Å². The maximum absolute atomic E-state index is 2.17. The first-order valence-corrected chi connectivity index (χ1v) is 8.62. The van der Waals surface area contributed by atoms with Crippen molar-refractivity contribution in [1.82, 2.24) is 9.13 Å². The molecule has 2 nitrogen and oxygen atoms in total. The van der Waals surface area contributed by atoms with E-state index in [4.69, 9.17) is 0 Å². The van der Waals surface area contributed by atoms with Gasteiger partial charge in [0.15, 0.2) is 0 Å². The van der Waals surface area contributed by atoms with E-state index in [1.54, 1.807) is 0 Å². The first kappa shape index (κ1) is 25.5. The molecule has 0 spiro atoms. The first-order valence-electron chi connectivity index (χ1n) is 8.62. The Hall–Kier alpha value is -1.44. The zero-order valence-corrected chi connectivity index (χ0v) is 16.7. The number of aromatic nitrogens is 2. The van der Waals surface area contributed by atoms with Crippen LogP contribution in [0.3, 0.4) is 0 Å². The topological polar surface area (TPSA) is 9.86 Å². The molecule has 2 rings (SSSR count). The maximum atomic E-state index is 2.17. The number of aryl methyl sites for hydroxylation is 1. The van der Waals surface area contributed by atoms with Gasteiger partial charge in [0.05, 0.1) is 0 Å². The molecule has 0 atom stereocenters. The zero-order chi connectivity index (χ0) is 18.0. The third kappa shape index (κ3) is 20.9. The fourth-order valence-corrected chi connectivity index (χ4v) is 1.11. The molecule has 0 aliphatic carbocycles. The van der Waals surface area contributed by atoms with Crippen molar-refractivity contribution in [1.29, 1.82) is 0 Å². The van der Waals surface area contributed by atoms with Crippen LogP contribution >= 0.6 is 0 Å². The Bertz CT molecular complexity index is 354. The van der Waals surface area contributed by atoms with Gasteiger partial charge in [0.25, 0.3) is 0 Å². The highest BCUT2D eigenvalue weighted by Crippen LogP contribution is 2.01. The lowest BCUT2D eigenvalue weighted by Crippen LogP contribution is -1.94. The molecule has 0 aliphatic rings. The third-order valence-corrected chi connectivity index (χ3v) is 1.98. The van der Waals surface area contributed by atoms with Crippen molar-refractivity contribution in [2.75, 3.05) is 0 Å². The van der Waals surface area contributed by atoms with Gasteiger partial charge >= 0.3 is 0 Å². The van der Waals surface area contributed by atoms with E-state index in [9.17, 15) is 0 Å². The highest BCUT2D eigenvalue weighted by Gasteiger charge is 1.89. The molecule has 2 aromatic heterocycles. The first-order chi connectivity index (χ1) is 10.4. The maximum Gasteiger partial charge on any atom is 0.0274 e. The Morgan fingerprint density at radius 1 is 0.591 bits per heavy atom. The van der Waals surface area contributed by atoms with Crippen LogP contribution < -0.4 is 0 Å². The molecule has 0 bridgehead atoms. The number of hydrogen-bond donors (Lipinski definition) is 0. The minimum Gasteiger partial charge on any atom is -0.357 e. The molecule has 2 heteroatoms. The molecule has 0 unspecified atom stereocenters. The van der Waals surface area contributed by atoms with Crippen LogP contribution in [0.4, 0.5) is 0 Å². The second kappa shape index (κ2) is 19.6. The lowest BCUT2D eigenvalue weighted by Gasteiger charge is -2.03. The molecule has 130 valence electrons. The lowest BCUT2D eigenvalue weighted by molar-refractivity contribution is 0.604. The van der Waals surface area contributed by atoms with Gasteiger partial charge in [0.1, 0.15) is 0 Å². The largest absolute Gasteiger partial charge is 0.357 e. The summed E-state index contributed by atoms with van der Waals surface area (Å²) < 4.78 is 4.17. The van der Waals surface area contributed by atoms with Crippen LogP contribution in [-0.2, 0) is 7.05 Å². The number of nitrogens with zero attached hydrogens (tertiary/aromatic N) is 2. The predicted molar refractivity (Wildman–Crippen MR) is 103 cm³/mol. The van der Waals surface area contributed by atoms with Crippen LogP contribution in [0, 0.1) is 5.92 Å². The highest BCUT2D eigenvalue weighted by molar-refractivity contribution is 4.91. The Balaban J connectivity index is -0.000000230. The van der Waals surface area contributed by atoms with E-state index in [-0.39, 0.29) is 0 Å². The van der Waals surface area contributed by atoms with Crippen molar-refractivity contribution in [3.05, 3.63) is 49.1 Å². The molecule has 2 heterocycles. The van der Waals surface area contributed by atoms with Crippen LogP contribution in [0.5, 0.6) is 0 Å². The quantitative estimate of drug-likeness (QED) is 0.547. The second-order valence-corrected chi connectivity index (χ2v) is 5.30. The van der Waals surface area contributed by atoms with E-state index in [2.05, 4.69) is 51.6 Å². The average Bonchev–Trinajstić information content (AvgIpc) is 3.16. The average molecular weight is 309 g/mol. The van der Waals surface area contributed by atoms with E-state index in [0.29, 0.717) is 6.04 Å². The molecule has 0 amide bonds. The molecular weight excluding hydrogens is 268 g/mol. The van der Waals surface area contributed by atoms with Crippen molar-refractivity contribution in [2.24, 2.45) is 13.0 Å². The van der Waals surface area contributed by atoms with Gasteiger partial charge in [-0.1, -0.05) is 48.5 Å². The van der Waals surface area contributed by atoms with Crippen molar-refractivity contribution in [3.63, 3.8) is 0 Å². The summed E-state index contributed by atoms with van der Waals surface area (Å²) in [5, 5.41) is 0. The molecular formula is C20H40N2. The molecule has 0 aromatic carbocycles. The van der Waals surface area contributed by atoms with E-state index >= 15 is 0 Å². The summed E-state index contributed by atoms with van der Waals surface area (Å²) in [5.74, 6) is 0.833. The van der Waals surface area contributed by atoms with Gasteiger partial charge in [-0.2, -0.15) is 0 Å². The Morgan fingerprint density at radius 2 is 0.864 bits per heavy atom. The van der Waals surface area contributed by atoms with Crippen LogP contribution in [0.1, 0.15) is 68.4 Å². The van der Waals surface area contributed by atoms with Gasteiger partial charge < -0.3 is 9.13 Å². The summed E-state index contributed by atoms with van der Waals surface area (Å²) in [4.78, 5) is 0. The van der Waals surface area contributed by atoms with Crippen LogP contribution in [0.15, 0.2) is 49.1 Å². The second-order valence-electron chi connectivity index (χ2n) is 5.30. The molecule has 0 N–H and O–H groups in total. The molecule has 22 heavy (non-hydrogen) atoms. The van der Waals surface area contributed by atoms with Crippen molar-refractivity contribution in [2.45, 2.75) is 68.4 Å². The molecule has 0 saturated heterocycles. The molecule has 0 aliphatic heterocycles. The van der Waals surface area contributed by atoms with Gasteiger partial charge in [-0.3, -0.25) is 0 Å². The monoisotopic (exact) mass is 308 g/mol. The highest BCUT2D eigenvalue weighted by atomic mass is 15.0. The number of rotatable bonds is 1. The number of hydrogen-bond acceptors (Lipinski definition) is 0. The Kier molecular flexibility index (Phi) is 22.7. The fraction of sp³-hybridized carbons (Fsp3) is 0.600. The van der Waals surface area contributed by atoms with Gasteiger partial charge in [-0.25, -0.2) is 0 Å². The normalized spacial score (nSPS) is 8.36. The van der Waals surface area contributed by atoms with Gasteiger partial charge in [0, 0.05) is 37.9 Å². The van der Waals surface area contributed by atoms with Gasteiger partial charge in [-0.15, -0.1) is 0 Å². The van der Waals surface area contributed by atoms with E-state index in [1.165, 1.54) is 0 Å². The zero-order valence-electron chi connectivity index (χ0n) is 16.7. The van der Waals surface area contributed by atoms with E-state index in [1.807, 2.05) is 76.0 Å². The third-order valence-electron chi connectivity index (χ3n) is 1.98. The predicted octanol–water partition coefficient (Wildman–Crippen LogP) is 6.81. The van der Waals surface area contributed by atoms with Crippen molar-refractivity contribution >= 4 is 0 Å². The summed E-state index contributed by atoms with van der Waals surface area (Å²) in [6, 6.07) is 8.69. The van der Waals surface area contributed by atoms with Crippen LogP contribution in [-0.4, -0.2) is 9.13 Å². The minimum atomic E-state index is 0.602. The van der Waals surface area contributed by atoms with Crippen molar-refractivity contribution in [3.8, 4) is 0 Å². The SMILES string of the molecule is CC.CC.CC(C)C.CC(C)n1cccc1.Cn1cccc1. The molecule has 0 fully saturated rings. The van der Waals surface area contributed by atoms with Crippen molar-refractivity contribution < 1.29 is 0 Å².